The van der Waals surface area contributed by atoms with Gasteiger partial charge in [-0.15, -0.1) is 5.10 Å². The summed E-state index contributed by atoms with van der Waals surface area (Å²) in [7, 11) is 0. The number of hydrogen-bond donors (Lipinski definition) is 1. The van der Waals surface area contributed by atoms with Gasteiger partial charge in [-0.1, -0.05) is 44.2 Å². The molecule has 3 aromatic rings. The van der Waals surface area contributed by atoms with Crippen molar-refractivity contribution in [2.24, 2.45) is 5.92 Å². The first kappa shape index (κ1) is 21.7. The van der Waals surface area contributed by atoms with E-state index in [0.29, 0.717) is 22.9 Å². The molecule has 0 spiro atoms. The number of carbonyl (C=O) groups excluding carboxylic acids is 1. The summed E-state index contributed by atoms with van der Waals surface area (Å²) in [5, 5.41) is 6.58. The van der Waals surface area contributed by atoms with E-state index in [1.54, 1.807) is 13.8 Å². The lowest BCUT2D eigenvalue weighted by Crippen LogP contribution is -2.31. The summed E-state index contributed by atoms with van der Waals surface area (Å²) in [6.07, 6.45) is -3.91. The van der Waals surface area contributed by atoms with Crippen LogP contribution in [0.4, 0.5) is 13.2 Å². The van der Waals surface area contributed by atoms with Crippen LogP contribution < -0.4 is 5.32 Å². The molecule has 0 bridgehead atoms. The highest BCUT2D eigenvalue weighted by Crippen LogP contribution is 2.27. The van der Waals surface area contributed by atoms with Crippen LogP contribution in [0.15, 0.2) is 30.3 Å². The molecule has 0 aliphatic carbocycles. The van der Waals surface area contributed by atoms with Gasteiger partial charge in [-0.05, 0) is 31.7 Å². The highest BCUT2D eigenvalue weighted by Gasteiger charge is 2.37. The van der Waals surface area contributed by atoms with Gasteiger partial charge in [-0.2, -0.15) is 18.2 Å². The molecule has 0 aliphatic heterocycles. The number of amides is 1. The number of halogens is 3. The van der Waals surface area contributed by atoms with Crippen molar-refractivity contribution < 1.29 is 18.0 Å². The van der Waals surface area contributed by atoms with E-state index in [0.717, 1.165) is 16.5 Å². The van der Waals surface area contributed by atoms with E-state index in [2.05, 4.69) is 34.2 Å². The van der Waals surface area contributed by atoms with Crippen LogP contribution in [-0.4, -0.2) is 25.5 Å². The van der Waals surface area contributed by atoms with Crippen molar-refractivity contribution in [3.63, 3.8) is 0 Å². The molecule has 2 aromatic heterocycles. The van der Waals surface area contributed by atoms with E-state index >= 15 is 0 Å². The summed E-state index contributed by atoms with van der Waals surface area (Å²) in [4.78, 5) is 20.4. The van der Waals surface area contributed by atoms with Gasteiger partial charge in [0.15, 0.2) is 0 Å². The van der Waals surface area contributed by atoms with E-state index in [-0.39, 0.29) is 24.1 Å². The maximum absolute atomic E-state index is 12.9. The third-order valence-electron chi connectivity index (χ3n) is 4.88. The highest BCUT2D eigenvalue weighted by atomic mass is 19.4. The van der Waals surface area contributed by atoms with E-state index in [4.69, 9.17) is 0 Å². The maximum atomic E-state index is 12.9. The average Bonchev–Trinajstić information content (AvgIpc) is 3.09. The molecule has 3 rings (SSSR count). The largest absolute Gasteiger partial charge is 0.453 e. The number of aryl methyl sites for hydroxylation is 2. The van der Waals surface area contributed by atoms with Crippen LogP contribution in [0, 0.1) is 19.8 Å². The second kappa shape index (κ2) is 8.41. The van der Waals surface area contributed by atoms with Gasteiger partial charge in [0.1, 0.15) is 0 Å². The van der Waals surface area contributed by atoms with Crippen molar-refractivity contribution in [3.8, 4) is 0 Å². The van der Waals surface area contributed by atoms with E-state index < -0.39 is 12.0 Å². The van der Waals surface area contributed by atoms with Crippen molar-refractivity contribution in [1.29, 1.82) is 0 Å². The summed E-state index contributed by atoms with van der Waals surface area (Å²) in [6, 6.07) is 9.53. The first-order valence-corrected chi connectivity index (χ1v) is 9.70. The van der Waals surface area contributed by atoms with Crippen molar-refractivity contribution in [3.05, 3.63) is 58.7 Å². The molecular weight excluding hydrogens is 395 g/mol. The molecular formula is C21H24F3N5O. The molecule has 1 amide bonds. The topological polar surface area (TPSA) is 72.2 Å². The van der Waals surface area contributed by atoms with E-state index in [1.165, 1.54) is 0 Å². The van der Waals surface area contributed by atoms with Gasteiger partial charge in [0.2, 0.25) is 5.91 Å². The minimum Gasteiger partial charge on any atom is -0.349 e. The van der Waals surface area contributed by atoms with Gasteiger partial charge in [-0.25, -0.2) is 9.50 Å². The molecule has 0 aliphatic rings. The molecule has 160 valence electrons. The highest BCUT2D eigenvalue weighted by molar-refractivity contribution is 5.79. The summed E-state index contributed by atoms with van der Waals surface area (Å²) >= 11 is 0. The van der Waals surface area contributed by atoms with Crippen LogP contribution in [0.5, 0.6) is 0 Å². The predicted octanol–water partition coefficient (Wildman–Crippen LogP) is 4.21. The number of nitrogens with zero attached hydrogens (tertiary/aromatic N) is 4. The number of nitrogens with one attached hydrogen (secondary N) is 1. The van der Waals surface area contributed by atoms with Gasteiger partial charge < -0.3 is 5.32 Å². The Labute approximate surface area is 172 Å². The summed E-state index contributed by atoms with van der Waals surface area (Å²) in [5.41, 5.74) is 2.41. The zero-order chi connectivity index (χ0) is 22.1. The zero-order valence-electron chi connectivity index (χ0n) is 17.3. The SMILES string of the molecule is Cc1nc2nc(C(F)(F)F)nn2c(C)c1CC(=O)NC(CC(C)C)c1ccccc1. The first-order valence-electron chi connectivity index (χ1n) is 9.70. The molecule has 9 heteroatoms. The molecule has 1 unspecified atom stereocenters. The third-order valence-corrected chi connectivity index (χ3v) is 4.88. The number of benzene rings is 1. The van der Waals surface area contributed by atoms with Crippen LogP contribution in [0.3, 0.4) is 0 Å². The molecule has 0 saturated heterocycles. The summed E-state index contributed by atoms with van der Waals surface area (Å²) < 4.78 is 39.9. The average molecular weight is 419 g/mol. The zero-order valence-corrected chi connectivity index (χ0v) is 17.3. The van der Waals surface area contributed by atoms with Crippen LogP contribution in [0.25, 0.3) is 5.78 Å². The van der Waals surface area contributed by atoms with Crippen molar-refractivity contribution in [2.45, 2.75) is 52.8 Å². The van der Waals surface area contributed by atoms with Gasteiger partial charge in [0.05, 0.1) is 12.5 Å². The smallest absolute Gasteiger partial charge is 0.349 e. The fourth-order valence-electron chi connectivity index (χ4n) is 3.43. The molecule has 0 fully saturated rings. The minimum absolute atomic E-state index is 0.0107. The van der Waals surface area contributed by atoms with Gasteiger partial charge in [-0.3, -0.25) is 4.79 Å². The number of fused-ring (bicyclic) bond motifs is 1. The summed E-state index contributed by atoms with van der Waals surface area (Å²) in [6.45, 7) is 7.43. The van der Waals surface area contributed by atoms with Crippen molar-refractivity contribution in [1.82, 2.24) is 24.9 Å². The lowest BCUT2D eigenvalue weighted by molar-refractivity contribution is -0.144. The number of hydrogen-bond acceptors (Lipinski definition) is 4. The Kier molecular flexibility index (Phi) is 6.09. The molecule has 2 heterocycles. The lowest BCUT2D eigenvalue weighted by Gasteiger charge is -2.21. The Morgan fingerprint density at radius 2 is 1.80 bits per heavy atom. The number of carbonyl (C=O) groups is 1. The fraction of sp³-hybridized carbons (Fsp3) is 0.429. The Morgan fingerprint density at radius 3 is 2.40 bits per heavy atom. The molecule has 1 atom stereocenters. The summed E-state index contributed by atoms with van der Waals surface area (Å²) in [5.74, 6) is -1.25. The fourth-order valence-corrected chi connectivity index (χ4v) is 3.43. The molecule has 30 heavy (non-hydrogen) atoms. The predicted molar refractivity (Wildman–Crippen MR) is 106 cm³/mol. The lowest BCUT2D eigenvalue weighted by atomic mass is 9.96. The molecule has 1 aromatic carbocycles. The Hall–Kier alpha value is -2.97. The first-order chi connectivity index (χ1) is 14.1. The minimum atomic E-state index is -4.66. The van der Waals surface area contributed by atoms with Crippen molar-refractivity contribution >= 4 is 11.7 Å². The Bertz CT molecular complexity index is 1040. The van der Waals surface area contributed by atoms with Gasteiger partial charge >= 0.3 is 6.18 Å². The number of aromatic nitrogens is 4. The van der Waals surface area contributed by atoms with Crippen molar-refractivity contribution in [2.75, 3.05) is 0 Å². The second-order valence-corrected chi connectivity index (χ2v) is 7.74. The molecule has 0 saturated carbocycles. The Balaban J connectivity index is 1.86. The molecule has 0 radical (unpaired) electrons. The van der Waals surface area contributed by atoms with Gasteiger partial charge in [0, 0.05) is 17.0 Å². The van der Waals surface area contributed by atoms with E-state index in [1.807, 2.05) is 30.3 Å². The second-order valence-electron chi connectivity index (χ2n) is 7.74. The van der Waals surface area contributed by atoms with E-state index in [9.17, 15) is 18.0 Å². The number of rotatable bonds is 6. The van der Waals surface area contributed by atoms with Crippen LogP contribution in [-0.2, 0) is 17.4 Å². The standard InChI is InChI=1S/C21H24F3N5O/c1-12(2)10-17(15-8-6-5-7-9-15)26-18(30)11-16-13(3)25-20-27-19(21(22,23)24)28-29(20)14(16)4/h5-9,12,17H,10-11H2,1-4H3,(H,26,30). The van der Waals surface area contributed by atoms with Gasteiger partial charge in [0.25, 0.3) is 11.6 Å². The molecule has 6 nitrogen and oxygen atoms in total. The third kappa shape index (κ3) is 4.77. The molecule has 1 N–H and O–H groups in total. The number of alkyl halides is 3. The van der Waals surface area contributed by atoms with Crippen LogP contribution >= 0.6 is 0 Å². The normalized spacial score (nSPS) is 13.1. The van der Waals surface area contributed by atoms with Crippen LogP contribution in [0.2, 0.25) is 0 Å². The maximum Gasteiger partial charge on any atom is 0.453 e. The Morgan fingerprint density at radius 1 is 1.13 bits per heavy atom. The monoisotopic (exact) mass is 419 g/mol. The van der Waals surface area contributed by atoms with Crippen LogP contribution in [0.1, 0.15) is 54.6 Å². The quantitative estimate of drug-likeness (QED) is 0.650.